The zero-order chi connectivity index (χ0) is 20.3. The molecule has 0 spiro atoms. The third-order valence-corrected chi connectivity index (χ3v) is 6.50. The summed E-state index contributed by atoms with van der Waals surface area (Å²) in [5.74, 6) is 1.74. The van der Waals surface area contributed by atoms with Crippen LogP contribution in [0.1, 0.15) is 101 Å². The number of unbranched alkanes of at least 4 members (excludes halogenated alkanes) is 7. The van der Waals surface area contributed by atoms with Crippen LogP contribution in [0.2, 0.25) is 0 Å². The lowest BCUT2D eigenvalue weighted by Gasteiger charge is -2.24. The summed E-state index contributed by atoms with van der Waals surface area (Å²) in [5.41, 5.74) is 5.26. The summed E-state index contributed by atoms with van der Waals surface area (Å²) in [6, 6.07) is 8.87. The fourth-order valence-electron chi connectivity index (χ4n) is 4.56. The Bertz CT molecular complexity index is 720. The maximum atomic E-state index is 4.94. The molecule has 0 bridgehead atoms. The van der Waals surface area contributed by atoms with Gasteiger partial charge in [0.15, 0.2) is 5.82 Å². The Kier molecular flexibility index (Phi) is 9.18. The summed E-state index contributed by atoms with van der Waals surface area (Å²) in [6.45, 7) is 4.53. The van der Waals surface area contributed by atoms with Gasteiger partial charge in [0.25, 0.3) is 0 Å². The van der Waals surface area contributed by atoms with Crippen LogP contribution in [0.15, 0.2) is 30.5 Å². The molecule has 1 unspecified atom stereocenters. The minimum atomic E-state index is 0.838. The number of rotatable bonds is 12. The third-order valence-electron chi connectivity index (χ3n) is 6.50. The number of aryl methyl sites for hydroxylation is 2. The second-order valence-electron chi connectivity index (χ2n) is 8.98. The molecule has 1 aliphatic rings. The lowest BCUT2D eigenvalue weighted by Crippen LogP contribution is -2.16. The van der Waals surface area contributed by atoms with Gasteiger partial charge in [-0.3, -0.25) is 0 Å². The molecule has 2 aromatic rings. The second-order valence-corrected chi connectivity index (χ2v) is 8.98. The number of nitrogens with zero attached hydrogens (tertiary/aromatic N) is 2. The van der Waals surface area contributed by atoms with Gasteiger partial charge in [0.2, 0.25) is 0 Å². The van der Waals surface area contributed by atoms with Gasteiger partial charge in [0.1, 0.15) is 0 Å². The van der Waals surface area contributed by atoms with Crippen molar-refractivity contribution < 1.29 is 0 Å². The molecule has 0 amide bonds. The van der Waals surface area contributed by atoms with Crippen molar-refractivity contribution in [1.82, 2.24) is 9.97 Å². The minimum absolute atomic E-state index is 0.838. The zero-order valence-corrected chi connectivity index (χ0v) is 18.8. The molecule has 3 rings (SSSR count). The summed E-state index contributed by atoms with van der Waals surface area (Å²) in [6.07, 6.45) is 20.6. The molecule has 29 heavy (non-hydrogen) atoms. The van der Waals surface area contributed by atoms with Crippen molar-refractivity contribution in [3.63, 3.8) is 0 Å². The summed E-state index contributed by atoms with van der Waals surface area (Å²) in [7, 11) is 0. The van der Waals surface area contributed by atoms with Crippen molar-refractivity contribution in [3.8, 4) is 11.4 Å². The van der Waals surface area contributed by atoms with Gasteiger partial charge in [0.05, 0.1) is 0 Å². The molecule has 0 aliphatic heterocycles. The Morgan fingerprint density at radius 3 is 2.34 bits per heavy atom. The van der Waals surface area contributed by atoms with Gasteiger partial charge in [-0.2, -0.15) is 0 Å². The first-order chi connectivity index (χ1) is 14.3. The van der Waals surface area contributed by atoms with Gasteiger partial charge >= 0.3 is 0 Å². The molecular formula is C27H40N2. The lowest BCUT2D eigenvalue weighted by molar-refractivity contribution is 0.399. The second kappa shape index (κ2) is 12.1. The molecule has 0 fully saturated rings. The Labute approximate surface area is 178 Å². The van der Waals surface area contributed by atoms with E-state index in [-0.39, 0.29) is 0 Å². The summed E-state index contributed by atoms with van der Waals surface area (Å²) >= 11 is 0. The molecule has 1 aromatic heterocycles. The fraction of sp³-hybridized carbons (Fsp3) is 0.630. The molecule has 0 N–H and O–H groups in total. The van der Waals surface area contributed by atoms with Crippen LogP contribution in [0, 0.1) is 5.92 Å². The number of hydrogen-bond acceptors (Lipinski definition) is 2. The van der Waals surface area contributed by atoms with Gasteiger partial charge < -0.3 is 0 Å². The number of aromatic nitrogens is 2. The predicted molar refractivity (Wildman–Crippen MR) is 124 cm³/mol. The van der Waals surface area contributed by atoms with Crippen LogP contribution in [0.3, 0.4) is 0 Å². The van der Waals surface area contributed by atoms with E-state index in [2.05, 4.69) is 44.3 Å². The van der Waals surface area contributed by atoms with E-state index in [1.165, 1.54) is 100 Å². The SMILES string of the molecule is CCCCCCCCCC1CCc2nc(-c3ccc(CCCC)cc3)ncc2C1. The van der Waals surface area contributed by atoms with E-state index in [0.717, 1.165) is 23.7 Å². The van der Waals surface area contributed by atoms with Gasteiger partial charge in [0, 0.05) is 17.5 Å². The minimum Gasteiger partial charge on any atom is -0.236 e. The van der Waals surface area contributed by atoms with E-state index >= 15 is 0 Å². The van der Waals surface area contributed by atoms with Crippen molar-refractivity contribution in [1.29, 1.82) is 0 Å². The van der Waals surface area contributed by atoms with Crippen LogP contribution in [0.4, 0.5) is 0 Å². The topological polar surface area (TPSA) is 25.8 Å². The molecule has 0 saturated carbocycles. The van der Waals surface area contributed by atoms with Crippen LogP contribution in [-0.4, -0.2) is 9.97 Å². The van der Waals surface area contributed by atoms with E-state index in [1.54, 1.807) is 0 Å². The summed E-state index contributed by atoms with van der Waals surface area (Å²) < 4.78 is 0. The van der Waals surface area contributed by atoms with Crippen LogP contribution in [0.25, 0.3) is 11.4 Å². The molecule has 158 valence electrons. The number of fused-ring (bicyclic) bond motifs is 1. The molecule has 1 aliphatic carbocycles. The Hall–Kier alpha value is -1.70. The lowest BCUT2D eigenvalue weighted by atomic mass is 9.84. The van der Waals surface area contributed by atoms with Crippen molar-refractivity contribution in [2.75, 3.05) is 0 Å². The number of benzene rings is 1. The standard InChI is InChI=1S/C27H40N2/c1-3-5-7-8-9-10-11-13-23-16-19-26-25(20-23)21-28-27(29-26)24-17-14-22(15-18-24)12-6-4-2/h14-15,17-18,21,23H,3-13,16,19-20H2,1-2H3. The maximum absolute atomic E-state index is 4.94. The van der Waals surface area contributed by atoms with E-state index in [4.69, 9.17) is 9.97 Å². The van der Waals surface area contributed by atoms with Crippen LogP contribution in [0.5, 0.6) is 0 Å². The van der Waals surface area contributed by atoms with Crippen molar-refractivity contribution >= 4 is 0 Å². The first kappa shape index (κ1) is 22.0. The normalized spacial score (nSPS) is 16.0. The van der Waals surface area contributed by atoms with Crippen molar-refractivity contribution in [2.45, 2.75) is 104 Å². The van der Waals surface area contributed by atoms with Gasteiger partial charge in [-0.15, -0.1) is 0 Å². The van der Waals surface area contributed by atoms with E-state index in [0.29, 0.717) is 0 Å². The van der Waals surface area contributed by atoms with Crippen LogP contribution >= 0.6 is 0 Å². The van der Waals surface area contributed by atoms with Crippen LogP contribution < -0.4 is 0 Å². The third kappa shape index (κ3) is 6.94. The smallest absolute Gasteiger partial charge is 0.159 e. The van der Waals surface area contributed by atoms with Gasteiger partial charge in [-0.1, -0.05) is 95.9 Å². The highest BCUT2D eigenvalue weighted by molar-refractivity contribution is 5.55. The molecule has 0 saturated heterocycles. The highest BCUT2D eigenvalue weighted by Crippen LogP contribution is 2.29. The molecule has 0 radical (unpaired) electrons. The van der Waals surface area contributed by atoms with E-state index < -0.39 is 0 Å². The Balaban J connectivity index is 1.48. The average Bonchev–Trinajstić information content (AvgIpc) is 2.77. The van der Waals surface area contributed by atoms with Crippen molar-refractivity contribution in [3.05, 3.63) is 47.3 Å². The first-order valence-electron chi connectivity index (χ1n) is 12.2. The molecule has 2 heteroatoms. The monoisotopic (exact) mass is 392 g/mol. The summed E-state index contributed by atoms with van der Waals surface area (Å²) in [4.78, 5) is 9.65. The Morgan fingerprint density at radius 1 is 0.862 bits per heavy atom. The van der Waals surface area contributed by atoms with E-state index in [9.17, 15) is 0 Å². The molecule has 1 aromatic carbocycles. The predicted octanol–water partition coefficient (Wildman–Crippen LogP) is 7.73. The molecule has 1 atom stereocenters. The highest BCUT2D eigenvalue weighted by atomic mass is 14.9. The Morgan fingerprint density at radius 2 is 1.59 bits per heavy atom. The maximum Gasteiger partial charge on any atom is 0.159 e. The fourth-order valence-corrected chi connectivity index (χ4v) is 4.56. The zero-order valence-electron chi connectivity index (χ0n) is 18.8. The molecule has 1 heterocycles. The largest absolute Gasteiger partial charge is 0.236 e. The van der Waals surface area contributed by atoms with Crippen molar-refractivity contribution in [2.24, 2.45) is 5.92 Å². The van der Waals surface area contributed by atoms with Gasteiger partial charge in [-0.05, 0) is 49.1 Å². The first-order valence-corrected chi connectivity index (χ1v) is 12.2. The highest BCUT2D eigenvalue weighted by Gasteiger charge is 2.20. The van der Waals surface area contributed by atoms with E-state index in [1.807, 2.05) is 0 Å². The number of hydrogen-bond donors (Lipinski definition) is 0. The van der Waals surface area contributed by atoms with Gasteiger partial charge in [-0.25, -0.2) is 9.97 Å². The molecule has 2 nitrogen and oxygen atoms in total. The molecular weight excluding hydrogens is 352 g/mol. The van der Waals surface area contributed by atoms with Crippen LogP contribution in [-0.2, 0) is 19.3 Å². The summed E-state index contributed by atoms with van der Waals surface area (Å²) in [5, 5.41) is 0. The average molecular weight is 393 g/mol. The quantitative estimate of drug-likeness (QED) is 0.345.